The lowest BCUT2D eigenvalue weighted by Crippen LogP contribution is -1.94. The lowest BCUT2D eigenvalue weighted by Gasteiger charge is -2.09. The van der Waals surface area contributed by atoms with E-state index in [2.05, 4.69) is 80.6 Å². The lowest BCUT2D eigenvalue weighted by molar-refractivity contribution is 1.11. The van der Waals surface area contributed by atoms with E-state index in [1.165, 1.54) is 33.4 Å². The van der Waals surface area contributed by atoms with Crippen molar-refractivity contribution in [1.82, 2.24) is 0 Å². The molecule has 0 saturated heterocycles. The summed E-state index contributed by atoms with van der Waals surface area (Å²) in [5, 5.41) is 0.863. The second-order valence-corrected chi connectivity index (χ2v) is 7.03. The summed E-state index contributed by atoms with van der Waals surface area (Å²) < 4.78 is 0. The summed E-state index contributed by atoms with van der Waals surface area (Å²) >= 11 is 6.55. The molecule has 0 amide bonds. The molecule has 0 nitrogen and oxygen atoms in total. The fourth-order valence-corrected chi connectivity index (χ4v) is 3.36. The monoisotopic (exact) mass is 348 g/mol. The molecule has 128 valence electrons. The normalized spacial score (nSPS) is 10.8. The van der Waals surface area contributed by atoms with Crippen LogP contribution in [-0.4, -0.2) is 0 Å². The van der Waals surface area contributed by atoms with E-state index in [0.717, 1.165) is 30.7 Å². The molecular formula is C24H25Cl. The van der Waals surface area contributed by atoms with Crippen molar-refractivity contribution in [2.75, 3.05) is 0 Å². The van der Waals surface area contributed by atoms with Crippen molar-refractivity contribution in [2.24, 2.45) is 0 Å². The van der Waals surface area contributed by atoms with Crippen molar-refractivity contribution < 1.29 is 0 Å². The zero-order chi connectivity index (χ0) is 17.6. The maximum absolute atomic E-state index is 6.55. The number of rotatable bonds is 6. The summed E-state index contributed by atoms with van der Waals surface area (Å²) in [5.74, 6) is 0. The third kappa shape index (κ3) is 4.74. The molecule has 25 heavy (non-hydrogen) atoms. The van der Waals surface area contributed by atoms with E-state index in [-0.39, 0.29) is 0 Å². The number of hydrogen-bond acceptors (Lipinski definition) is 0. The number of benzene rings is 3. The Morgan fingerprint density at radius 3 is 1.48 bits per heavy atom. The zero-order valence-corrected chi connectivity index (χ0v) is 15.8. The second kappa shape index (κ2) is 8.36. The molecule has 3 aromatic rings. The molecule has 0 atom stereocenters. The van der Waals surface area contributed by atoms with Gasteiger partial charge in [0.2, 0.25) is 0 Å². The van der Waals surface area contributed by atoms with Crippen molar-refractivity contribution in [3.8, 4) is 0 Å². The van der Waals surface area contributed by atoms with Crippen LogP contribution >= 0.6 is 11.6 Å². The van der Waals surface area contributed by atoms with Gasteiger partial charge in [-0.05, 0) is 65.1 Å². The van der Waals surface area contributed by atoms with Crippen LogP contribution in [0.5, 0.6) is 0 Å². The van der Waals surface area contributed by atoms with E-state index >= 15 is 0 Å². The van der Waals surface area contributed by atoms with Crippen LogP contribution in [0.1, 0.15) is 47.2 Å². The Kier molecular flexibility index (Phi) is 5.94. The van der Waals surface area contributed by atoms with Crippen LogP contribution in [0.15, 0.2) is 66.7 Å². The van der Waals surface area contributed by atoms with Gasteiger partial charge in [-0.25, -0.2) is 0 Å². The molecule has 3 aromatic carbocycles. The first-order valence-electron chi connectivity index (χ1n) is 9.11. The highest BCUT2D eigenvalue weighted by atomic mass is 35.5. The fourth-order valence-electron chi connectivity index (χ4n) is 3.09. The van der Waals surface area contributed by atoms with Gasteiger partial charge in [0.15, 0.2) is 0 Å². The Balaban J connectivity index is 1.70. The molecule has 0 radical (unpaired) electrons. The van der Waals surface area contributed by atoms with Crippen LogP contribution in [-0.2, 0) is 25.7 Å². The van der Waals surface area contributed by atoms with Gasteiger partial charge in [0.1, 0.15) is 0 Å². The third-order valence-corrected chi connectivity index (χ3v) is 5.13. The smallest absolute Gasteiger partial charge is 0.0444 e. The van der Waals surface area contributed by atoms with Crippen LogP contribution in [0.4, 0.5) is 0 Å². The Bertz CT molecular complexity index is 814. The molecular weight excluding hydrogens is 324 g/mol. The topological polar surface area (TPSA) is 0 Å². The Morgan fingerprint density at radius 2 is 1.00 bits per heavy atom. The number of aryl methyl sites for hydroxylation is 2. The quantitative estimate of drug-likeness (QED) is 0.468. The molecule has 0 saturated carbocycles. The van der Waals surface area contributed by atoms with E-state index < -0.39 is 0 Å². The van der Waals surface area contributed by atoms with E-state index in [9.17, 15) is 0 Å². The maximum atomic E-state index is 6.55. The second-order valence-electron chi connectivity index (χ2n) is 6.62. The minimum Gasteiger partial charge on any atom is -0.0840 e. The van der Waals surface area contributed by atoms with E-state index in [1.807, 2.05) is 0 Å². The van der Waals surface area contributed by atoms with E-state index in [1.54, 1.807) is 0 Å². The minimum atomic E-state index is 0.863. The average Bonchev–Trinajstić information content (AvgIpc) is 2.65. The van der Waals surface area contributed by atoms with Crippen molar-refractivity contribution >= 4 is 11.6 Å². The van der Waals surface area contributed by atoms with E-state index in [4.69, 9.17) is 11.6 Å². The first-order valence-corrected chi connectivity index (χ1v) is 9.48. The minimum absolute atomic E-state index is 0.863. The van der Waals surface area contributed by atoms with E-state index in [0.29, 0.717) is 0 Å². The molecule has 0 aliphatic heterocycles. The van der Waals surface area contributed by atoms with Crippen LogP contribution < -0.4 is 0 Å². The predicted molar refractivity (Wildman–Crippen MR) is 109 cm³/mol. The van der Waals surface area contributed by atoms with Crippen molar-refractivity contribution in [2.45, 2.75) is 39.5 Å². The summed E-state index contributed by atoms with van der Waals surface area (Å²) in [7, 11) is 0. The lowest BCUT2D eigenvalue weighted by atomic mass is 9.99. The summed E-state index contributed by atoms with van der Waals surface area (Å²) in [6, 6.07) is 24.2. The Hall–Kier alpha value is -2.05. The van der Waals surface area contributed by atoms with Crippen LogP contribution in [0.3, 0.4) is 0 Å². The van der Waals surface area contributed by atoms with Gasteiger partial charge >= 0.3 is 0 Å². The fraction of sp³-hybridized carbons (Fsp3) is 0.250. The summed E-state index contributed by atoms with van der Waals surface area (Å²) in [4.78, 5) is 0. The van der Waals surface area contributed by atoms with Gasteiger partial charge in [-0.3, -0.25) is 0 Å². The van der Waals surface area contributed by atoms with Crippen molar-refractivity contribution in [3.05, 3.63) is 105 Å². The molecule has 0 aliphatic rings. The molecule has 0 heterocycles. The summed E-state index contributed by atoms with van der Waals surface area (Å²) in [6.07, 6.45) is 3.97. The first kappa shape index (κ1) is 17.8. The molecule has 0 aromatic heterocycles. The van der Waals surface area contributed by atoms with Crippen LogP contribution in [0, 0.1) is 0 Å². The number of halogens is 1. The van der Waals surface area contributed by atoms with Gasteiger partial charge in [-0.15, -0.1) is 0 Å². The Labute approximate surface area is 156 Å². The van der Waals surface area contributed by atoms with Gasteiger partial charge in [0.25, 0.3) is 0 Å². The molecule has 0 unspecified atom stereocenters. The molecule has 0 spiro atoms. The highest BCUT2D eigenvalue weighted by molar-refractivity contribution is 6.31. The third-order valence-electron chi connectivity index (χ3n) is 4.78. The van der Waals surface area contributed by atoms with Crippen LogP contribution in [0.25, 0.3) is 0 Å². The zero-order valence-electron chi connectivity index (χ0n) is 15.1. The maximum Gasteiger partial charge on any atom is 0.0444 e. The molecule has 0 N–H and O–H groups in total. The highest BCUT2D eigenvalue weighted by Gasteiger charge is 2.05. The molecule has 0 bridgehead atoms. The highest BCUT2D eigenvalue weighted by Crippen LogP contribution is 2.23. The summed E-state index contributed by atoms with van der Waals surface area (Å²) in [6.45, 7) is 4.36. The van der Waals surface area contributed by atoms with Crippen molar-refractivity contribution in [1.29, 1.82) is 0 Å². The standard InChI is InChI=1S/C24H25Cl/c1-3-18-5-9-20(10-6-18)15-22-13-14-23(24(25)17-22)16-21-11-7-19(4-2)8-12-21/h5-14,17H,3-4,15-16H2,1-2H3. The SMILES string of the molecule is CCc1ccc(Cc2ccc(Cc3ccc(CC)cc3)c(Cl)c2)cc1. The van der Waals surface area contributed by atoms with Crippen LogP contribution in [0.2, 0.25) is 5.02 Å². The van der Waals surface area contributed by atoms with Gasteiger partial charge in [-0.1, -0.05) is 86.1 Å². The molecule has 0 fully saturated rings. The van der Waals surface area contributed by atoms with Gasteiger partial charge in [0.05, 0.1) is 0 Å². The Morgan fingerprint density at radius 1 is 0.560 bits per heavy atom. The first-order chi connectivity index (χ1) is 12.2. The van der Waals surface area contributed by atoms with Gasteiger partial charge < -0.3 is 0 Å². The number of hydrogen-bond donors (Lipinski definition) is 0. The van der Waals surface area contributed by atoms with Crippen molar-refractivity contribution in [3.63, 3.8) is 0 Å². The predicted octanol–water partition coefficient (Wildman–Crippen LogP) is 6.65. The largest absolute Gasteiger partial charge is 0.0840 e. The average molecular weight is 349 g/mol. The molecule has 1 heteroatoms. The van der Waals surface area contributed by atoms with Gasteiger partial charge in [0, 0.05) is 5.02 Å². The van der Waals surface area contributed by atoms with Gasteiger partial charge in [-0.2, -0.15) is 0 Å². The summed E-state index contributed by atoms with van der Waals surface area (Å²) in [5.41, 5.74) is 7.85. The molecule has 3 rings (SSSR count). The molecule has 0 aliphatic carbocycles.